The van der Waals surface area contributed by atoms with Gasteiger partial charge in [0.25, 0.3) is 0 Å². The van der Waals surface area contributed by atoms with E-state index < -0.39 is 0 Å². The van der Waals surface area contributed by atoms with Crippen molar-refractivity contribution in [2.24, 2.45) is 4.99 Å². The Kier molecular flexibility index (Phi) is 4.34. The zero-order valence-corrected chi connectivity index (χ0v) is 16.9. The normalized spacial score (nSPS) is 15.4. The monoisotopic (exact) mass is 433 g/mol. The van der Waals surface area contributed by atoms with Gasteiger partial charge in [-0.15, -0.1) is 0 Å². The van der Waals surface area contributed by atoms with Crippen molar-refractivity contribution < 1.29 is 0 Å². The molecule has 0 fully saturated rings. The highest BCUT2D eigenvalue weighted by atomic mass is 79.9. The minimum absolute atomic E-state index is 0.538. The highest BCUT2D eigenvalue weighted by molar-refractivity contribution is 9.10. The van der Waals surface area contributed by atoms with Gasteiger partial charge in [0.1, 0.15) is 6.20 Å². The fourth-order valence-electron chi connectivity index (χ4n) is 3.68. The molecule has 2 nitrogen and oxygen atoms in total. The summed E-state index contributed by atoms with van der Waals surface area (Å²) < 4.78 is 2.76. The van der Waals surface area contributed by atoms with E-state index in [4.69, 9.17) is 0 Å². The molecule has 3 rings (SSSR count). The number of hydrogen-bond donors (Lipinski definition) is 0. The number of aliphatic imine (C=N–C) groups is 1. The summed E-state index contributed by atoms with van der Waals surface area (Å²) in [7, 11) is 0. The molecule has 118 valence electrons. The molecular formula is C19H19Br2N2+. The molecule has 0 radical (unpaired) electrons. The molecule has 1 aliphatic heterocycles. The van der Waals surface area contributed by atoms with Crippen LogP contribution in [0.15, 0.2) is 50.6 Å². The lowest BCUT2D eigenvalue weighted by Gasteiger charge is -2.32. The minimum Gasteiger partial charge on any atom is -0.205 e. The third-order valence-electron chi connectivity index (χ3n) is 4.29. The van der Waals surface area contributed by atoms with Crippen LogP contribution < -0.4 is 4.48 Å². The second-order valence-corrected chi connectivity index (χ2v) is 7.95. The first-order valence-corrected chi connectivity index (χ1v) is 9.09. The topological polar surface area (TPSA) is 12.4 Å². The van der Waals surface area contributed by atoms with Crippen molar-refractivity contribution in [2.75, 3.05) is 0 Å². The quantitative estimate of drug-likeness (QED) is 0.472. The first-order chi connectivity index (χ1) is 10.8. The summed E-state index contributed by atoms with van der Waals surface area (Å²) in [6.45, 7) is 8.65. The highest BCUT2D eigenvalue weighted by Crippen LogP contribution is 2.45. The van der Waals surface area contributed by atoms with E-state index in [0.717, 1.165) is 8.95 Å². The molecule has 0 N–H and O–H groups in total. The van der Waals surface area contributed by atoms with Gasteiger partial charge in [-0.3, -0.25) is 0 Å². The molecule has 0 atom stereocenters. The van der Waals surface area contributed by atoms with E-state index >= 15 is 0 Å². The fourth-order valence-corrected chi connectivity index (χ4v) is 5.05. The first-order valence-electron chi connectivity index (χ1n) is 7.50. The summed E-state index contributed by atoms with van der Waals surface area (Å²) >= 11 is 7.21. The fraction of sp³-hybridized carbons (Fsp3) is 0.211. The van der Waals surface area contributed by atoms with Gasteiger partial charge in [-0.2, -0.15) is 4.48 Å². The van der Waals surface area contributed by atoms with Crippen LogP contribution in [0.5, 0.6) is 0 Å². The van der Waals surface area contributed by atoms with Crippen LogP contribution in [-0.4, -0.2) is 6.34 Å². The number of quaternary nitrogens is 1. The lowest BCUT2D eigenvalue weighted by molar-refractivity contribution is 0.744. The van der Waals surface area contributed by atoms with Gasteiger partial charge in [0.05, 0.1) is 6.20 Å². The van der Waals surface area contributed by atoms with Crippen LogP contribution in [-0.2, 0) is 0 Å². The molecule has 0 saturated carbocycles. The molecule has 4 heteroatoms. The second-order valence-electron chi connectivity index (χ2n) is 6.12. The summed E-state index contributed by atoms with van der Waals surface area (Å²) in [5.74, 6) is 0. The Morgan fingerprint density at radius 2 is 1.13 bits per heavy atom. The van der Waals surface area contributed by atoms with Crippen molar-refractivity contribution in [1.29, 1.82) is 0 Å². The average molecular weight is 435 g/mol. The Morgan fingerprint density at radius 3 is 1.43 bits per heavy atom. The van der Waals surface area contributed by atoms with E-state index in [-0.39, 0.29) is 0 Å². The van der Waals surface area contributed by atoms with Crippen LogP contribution in [0.4, 0.5) is 11.4 Å². The smallest absolute Gasteiger partial charge is 0.205 e. The van der Waals surface area contributed by atoms with Gasteiger partial charge in [0, 0.05) is 31.2 Å². The van der Waals surface area contributed by atoms with Gasteiger partial charge in [-0.05, 0) is 52.0 Å². The number of benzene rings is 2. The molecule has 0 unspecified atom stereocenters. The zero-order valence-electron chi connectivity index (χ0n) is 13.7. The Morgan fingerprint density at radius 1 is 0.739 bits per heavy atom. The Hall–Kier alpha value is -1.23. The number of halogens is 2. The molecule has 0 aliphatic carbocycles. The molecular weight excluding hydrogens is 416 g/mol. The van der Waals surface area contributed by atoms with Gasteiger partial charge in [-0.25, -0.2) is 4.99 Å². The van der Waals surface area contributed by atoms with Crippen LogP contribution in [0.1, 0.15) is 22.3 Å². The Bertz CT molecular complexity index is 733. The molecule has 0 aromatic heterocycles. The highest BCUT2D eigenvalue weighted by Gasteiger charge is 2.38. The van der Waals surface area contributed by atoms with E-state index in [1.807, 2.05) is 12.5 Å². The van der Waals surface area contributed by atoms with Crippen molar-refractivity contribution in [1.82, 2.24) is 4.48 Å². The van der Waals surface area contributed by atoms with E-state index in [1.165, 1.54) is 33.6 Å². The second kappa shape index (κ2) is 6.00. The van der Waals surface area contributed by atoms with E-state index in [9.17, 15) is 0 Å². The summed E-state index contributed by atoms with van der Waals surface area (Å²) in [4.78, 5) is 4.44. The molecule has 2 aromatic carbocycles. The lowest BCUT2D eigenvalue weighted by Crippen LogP contribution is -2.37. The molecule has 23 heavy (non-hydrogen) atoms. The molecule has 0 saturated heterocycles. The van der Waals surface area contributed by atoms with Crippen molar-refractivity contribution in [3.63, 3.8) is 0 Å². The number of nitrogens with zero attached hydrogens (tertiary/aromatic N) is 2. The van der Waals surface area contributed by atoms with Gasteiger partial charge < -0.3 is 0 Å². The van der Waals surface area contributed by atoms with Crippen LogP contribution in [0.2, 0.25) is 0 Å². The third kappa shape index (κ3) is 2.73. The van der Waals surface area contributed by atoms with Crippen molar-refractivity contribution in [3.05, 3.63) is 67.9 Å². The molecule has 0 spiro atoms. The number of aryl methyl sites for hydroxylation is 4. The van der Waals surface area contributed by atoms with Gasteiger partial charge in [0.2, 0.25) is 6.34 Å². The predicted octanol–water partition coefficient (Wildman–Crippen LogP) is 6.60. The van der Waals surface area contributed by atoms with Crippen molar-refractivity contribution >= 4 is 49.6 Å². The zero-order chi connectivity index (χ0) is 16.8. The maximum Gasteiger partial charge on any atom is 0.205 e. The van der Waals surface area contributed by atoms with Crippen LogP contribution in [0.25, 0.3) is 0 Å². The van der Waals surface area contributed by atoms with Gasteiger partial charge in [-0.1, -0.05) is 31.9 Å². The van der Waals surface area contributed by atoms with Gasteiger partial charge in [0.15, 0.2) is 11.4 Å². The summed E-state index contributed by atoms with van der Waals surface area (Å²) in [6.07, 6.45) is 6.07. The van der Waals surface area contributed by atoms with Gasteiger partial charge >= 0.3 is 0 Å². The predicted molar refractivity (Wildman–Crippen MR) is 106 cm³/mol. The molecule has 0 bridgehead atoms. The maximum absolute atomic E-state index is 4.44. The minimum atomic E-state index is 0.538. The average Bonchev–Trinajstić information content (AvgIpc) is 2.85. The lowest BCUT2D eigenvalue weighted by atomic mass is 10.0. The van der Waals surface area contributed by atoms with Crippen molar-refractivity contribution in [3.8, 4) is 0 Å². The van der Waals surface area contributed by atoms with E-state index in [2.05, 4.69) is 95.0 Å². The standard InChI is InChI=1S/C19H19Br2N2/c1-12-7-16(20)8-13(2)18(12)23(6-5-22-11-23)19-14(3)9-17(21)10-15(19)4/h5-11H,1-4H3/q+1. The van der Waals surface area contributed by atoms with Crippen LogP contribution >= 0.6 is 31.9 Å². The van der Waals surface area contributed by atoms with Crippen LogP contribution in [0, 0.1) is 27.7 Å². The van der Waals surface area contributed by atoms with Crippen LogP contribution in [0.3, 0.4) is 0 Å². The molecule has 0 amide bonds. The molecule has 1 aliphatic rings. The first kappa shape index (κ1) is 16.6. The third-order valence-corrected chi connectivity index (χ3v) is 5.20. The number of hydrogen-bond acceptors (Lipinski definition) is 1. The largest absolute Gasteiger partial charge is 0.205 e. The van der Waals surface area contributed by atoms with E-state index in [1.54, 1.807) is 0 Å². The molecule has 1 heterocycles. The summed E-state index contributed by atoms with van der Waals surface area (Å²) in [5, 5.41) is 0. The maximum atomic E-state index is 4.44. The number of rotatable bonds is 2. The molecule has 2 aromatic rings. The van der Waals surface area contributed by atoms with Crippen molar-refractivity contribution in [2.45, 2.75) is 27.7 Å². The summed E-state index contributed by atoms with van der Waals surface area (Å²) in [5.41, 5.74) is 7.51. The Labute approximate surface area is 154 Å². The summed E-state index contributed by atoms with van der Waals surface area (Å²) in [6, 6.07) is 8.69. The SMILES string of the molecule is Cc1cc(Br)cc(C)c1[N+]1(c2c(C)cc(Br)cc2C)C=CN=C1. The van der Waals surface area contributed by atoms with E-state index in [0.29, 0.717) is 4.48 Å². The Balaban J connectivity index is 2.38.